The van der Waals surface area contributed by atoms with Gasteiger partial charge in [0.1, 0.15) is 13.2 Å². The maximum atomic E-state index is 12.2. The van der Waals surface area contributed by atoms with Crippen molar-refractivity contribution in [2.45, 2.75) is 31.5 Å². The van der Waals surface area contributed by atoms with E-state index in [4.69, 9.17) is 15.3 Å². The minimum absolute atomic E-state index is 0.00287. The van der Waals surface area contributed by atoms with Crippen molar-refractivity contribution in [2.75, 3.05) is 13.2 Å². The largest absolute Gasteiger partial charge is 0.486 e. The summed E-state index contributed by atoms with van der Waals surface area (Å²) in [6.07, 6.45) is -4.69. The first-order chi connectivity index (χ1) is 9.51. The van der Waals surface area contributed by atoms with Crippen molar-refractivity contribution < 1.29 is 22.6 Å². The van der Waals surface area contributed by atoms with Crippen molar-refractivity contribution in [3.8, 4) is 11.5 Å². The highest BCUT2D eigenvalue weighted by atomic mass is 19.4. The van der Waals surface area contributed by atoms with Gasteiger partial charge in [0.05, 0.1) is 0 Å². The van der Waals surface area contributed by atoms with Gasteiger partial charge in [-0.05, 0) is 18.9 Å². The maximum Gasteiger partial charge on any atom is 0.389 e. The van der Waals surface area contributed by atoms with Gasteiger partial charge in [-0.25, -0.2) is 0 Å². The normalized spacial score (nSPS) is 16.0. The van der Waals surface area contributed by atoms with Crippen LogP contribution in [0.15, 0.2) is 18.2 Å². The molecule has 1 aliphatic heterocycles. The van der Waals surface area contributed by atoms with Crippen LogP contribution in [0.5, 0.6) is 11.5 Å². The van der Waals surface area contributed by atoms with Crippen LogP contribution in [-0.2, 0) is 0 Å². The van der Waals surface area contributed by atoms with Gasteiger partial charge in [0, 0.05) is 18.0 Å². The third-order valence-electron chi connectivity index (χ3n) is 3.13. The van der Waals surface area contributed by atoms with E-state index in [0.29, 0.717) is 24.7 Å². The number of hydrogen-bond donors (Lipinski definition) is 2. The van der Waals surface area contributed by atoms with Gasteiger partial charge >= 0.3 is 6.18 Å². The lowest BCUT2D eigenvalue weighted by Gasteiger charge is -2.25. The standard InChI is InChI=1S/C13H17F3N2O2/c14-13(15,16)6-2-4-10(18-17)9-3-1-5-11-12(9)20-8-7-19-11/h1,3,5,10,18H,2,4,6-8,17H2. The van der Waals surface area contributed by atoms with Gasteiger partial charge in [-0.3, -0.25) is 11.3 Å². The van der Waals surface area contributed by atoms with Crippen LogP contribution in [0.4, 0.5) is 13.2 Å². The van der Waals surface area contributed by atoms with E-state index in [9.17, 15) is 13.2 Å². The first-order valence-corrected chi connectivity index (χ1v) is 6.42. The van der Waals surface area contributed by atoms with Gasteiger partial charge < -0.3 is 9.47 Å². The fourth-order valence-electron chi connectivity index (χ4n) is 2.21. The Hall–Kier alpha value is -1.47. The summed E-state index contributed by atoms with van der Waals surface area (Å²) in [5.74, 6) is 6.63. The Bertz CT molecular complexity index is 452. The molecule has 0 radical (unpaired) electrons. The van der Waals surface area contributed by atoms with E-state index >= 15 is 0 Å². The van der Waals surface area contributed by atoms with E-state index < -0.39 is 18.6 Å². The fourth-order valence-corrected chi connectivity index (χ4v) is 2.21. The lowest BCUT2D eigenvalue weighted by Crippen LogP contribution is -2.29. The van der Waals surface area contributed by atoms with Crippen LogP contribution in [0.3, 0.4) is 0 Å². The number of halogens is 3. The van der Waals surface area contributed by atoms with Gasteiger partial charge in [-0.2, -0.15) is 13.2 Å². The molecule has 0 amide bonds. The molecule has 0 bridgehead atoms. The number of nitrogens with one attached hydrogen (secondary N) is 1. The molecule has 0 saturated carbocycles. The van der Waals surface area contributed by atoms with Crippen molar-refractivity contribution in [1.82, 2.24) is 5.43 Å². The Morgan fingerprint density at radius 3 is 2.70 bits per heavy atom. The predicted molar refractivity (Wildman–Crippen MR) is 67.4 cm³/mol. The molecule has 0 spiro atoms. The number of alkyl halides is 3. The zero-order chi connectivity index (χ0) is 14.6. The molecule has 0 aromatic heterocycles. The van der Waals surface area contributed by atoms with Crippen LogP contribution in [0, 0.1) is 0 Å². The predicted octanol–water partition coefficient (Wildman–Crippen LogP) is 2.69. The second-order valence-electron chi connectivity index (χ2n) is 4.60. The Morgan fingerprint density at radius 1 is 1.25 bits per heavy atom. The van der Waals surface area contributed by atoms with Crippen molar-refractivity contribution in [1.29, 1.82) is 0 Å². The minimum Gasteiger partial charge on any atom is -0.486 e. The molecule has 2 rings (SSSR count). The molecule has 20 heavy (non-hydrogen) atoms. The van der Waals surface area contributed by atoms with Gasteiger partial charge in [0.2, 0.25) is 0 Å². The number of ether oxygens (including phenoxy) is 2. The average molecular weight is 290 g/mol. The monoisotopic (exact) mass is 290 g/mol. The van der Waals surface area contributed by atoms with Crippen LogP contribution in [0.2, 0.25) is 0 Å². The quantitative estimate of drug-likeness (QED) is 0.646. The highest BCUT2D eigenvalue weighted by Crippen LogP contribution is 2.38. The summed E-state index contributed by atoms with van der Waals surface area (Å²) in [4.78, 5) is 0. The van der Waals surface area contributed by atoms with Crippen molar-refractivity contribution in [2.24, 2.45) is 5.84 Å². The first kappa shape index (κ1) is 14.9. The van der Waals surface area contributed by atoms with Crippen LogP contribution in [0.25, 0.3) is 0 Å². The number of rotatable bonds is 5. The first-order valence-electron chi connectivity index (χ1n) is 6.42. The van der Waals surface area contributed by atoms with E-state index in [-0.39, 0.29) is 12.8 Å². The number of nitrogens with two attached hydrogens (primary N) is 1. The van der Waals surface area contributed by atoms with Crippen molar-refractivity contribution in [3.63, 3.8) is 0 Å². The molecule has 3 N–H and O–H groups in total. The summed E-state index contributed by atoms with van der Waals surface area (Å²) < 4.78 is 47.6. The van der Waals surface area contributed by atoms with E-state index in [0.717, 1.165) is 5.56 Å². The lowest BCUT2D eigenvalue weighted by atomic mass is 10.00. The summed E-state index contributed by atoms with van der Waals surface area (Å²) in [7, 11) is 0. The fraction of sp³-hybridized carbons (Fsp3) is 0.538. The molecule has 1 aromatic carbocycles. The van der Waals surface area contributed by atoms with Gasteiger partial charge in [-0.1, -0.05) is 12.1 Å². The summed E-state index contributed by atoms with van der Waals surface area (Å²) in [6, 6.07) is 4.93. The second kappa shape index (κ2) is 6.32. The molecule has 112 valence electrons. The number of fused-ring (bicyclic) bond motifs is 1. The summed E-state index contributed by atoms with van der Waals surface area (Å²) in [6.45, 7) is 0.884. The van der Waals surface area contributed by atoms with Crippen LogP contribution >= 0.6 is 0 Å². The highest BCUT2D eigenvalue weighted by Gasteiger charge is 2.28. The Labute approximate surface area is 115 Å². The van der Waals surface area contributed by atoms with E-state index in [1.807, 2.05) is 0 Å². The van der Waals surface area contributed by atoms with Crippen LogP contribution < -0.4 is 20.7 Å². The molecule has 0 aliphatic carbocycles. The molecule has 4 nitrogen and oxygen atoms in total. The molecule has 1 atom stereocenters. The van der Waals surface area contributed by atoms with Gasteiger partial charge in [-0.15, -0.1) is 0 Å². The third-order valence-corrected chi connectivity index (χ3v) is 3.13. The third kappa shape index (κ3) is 3.77. The van der Waals surface area contributed by atoms with Gasteiger partial charge in [0.15, 0.2) is 11.5 Å². The number of hydrazine groups is 1. The zero-order valence-corrected chi connectivity index (χ0v) is 10.9. The number of para-hydroxylation sites is 1. The summed E-state index contributed by atoms with van der Waals surface area (Å²) >= 11 is 0. The SMILES string of the molecule is NNC(CCCC(F)(F)F)c1cccc2c1OCCO2. The Morgan fingerprint density at radius 2 is 2.00 bits per heavy atom. The smallest absolute Gasteiger partial charge is 0.389 e. The summed E-state index contributed by atoms with van der Waals surface area (Å²) in [5.41, 5.74) is 3.28. The minimum atomic E-state index is -4.14. The molecule has 1 aliphatic rings. The average Bonchev–Trinajstić information content (AvgIpc) is 2.42. The Kier molecular flexibility index (Phi) is 4.72. The highest BCUT2D eigenvalue weighted by molar-refractivity contribution is 5.48. The molecular formula is C13H17F3N2O2. The molecule has 1 heterocycles. The van der Waals surface area contributed by atoms with Crippen molar-refractivity contribution in [3.05, 3.63) is 23.8 Å². The van der Waals surface area contributed by atoms with E-state index in [1.165, 1.54) is 0 Å². The van der Waals surface area contributed by atoms with Crippen LogP contribution in [-0.4, -0.2) is 19.4 Å². The molecule has 0 fully saturated rings. The number of benzene rings is 1. The van der Waals surface area contributed by atoms with Gasteiger partial charge in [0.25, 0.3) is 0 Å². The lowest BCUT2D eigenvalue weighted by molar-refractivity contribution is -0.135. The summed E-state index contributed by atoms with van der Waals surface area (Å²) in [5, 5.41) is 0. The zero-order valence-electron chi connectivity index (χ0n) is 10.9. The number of hydrogen-bond acceptors (Lipinski definition) is 4. The molecule has 0 saturated heterocycles. The molecule has 1 aromatic rings. The topological polar surface area (TPSA) is 56.5 Å². The molecule has 1 unspecified atom stereocenters. The second-order valence-corrected chi connectivity index (χ2v) is 4.60. The maximum absolute atomic E-state index is 12.2. The van der Waals surface area contributed by atoms with E-state index in [1.54, 1.807) is 18.2 Å². The molecular weight excluding hydrogens is 273 g/mol. The Balaban J connectivity index is 2.07. The van der Waals surface area contributed by atoms with Crippen LogP contribution in [0.1, 0.15) is 30.9 Å². The van der Waals surface area contributed by atoms with Crippen molar-refractivity contribution >= 4 is 0 Å². The van der Waals surface area contributed by atoms with E-state index in [2.05, 4.69) is 5.43 Å². The molecule has 7 heteroatoms.